The number of carbonyl (C=O) groups is 1. The number of para-hydroxylation sites is 1. The van der Waals surface area contributed by atoms with Gasteiger partial charge in [-0.15, -0.1) is 12.4 Å². The molecule has 1 aromatic rings. The van der Waals surface area contributed by atoms with Crippen LogP contribution in [0.15, 0.2) is 18.2 Å². The van der Waals surface area contributed by atoms with Crippen LogP contribution < -0.4 is 10.6 Å². The second-order valence-electron chi connectivity index (χ2n) is 3.93. The molecular weight excluding hydrogens is 224 g/mol. The molecule has 0 heterocycles. The fourth-order valence-electron chi connectivity index (χ4n) is 1.75. The van der Waals surface area contributed by atoms with Gasteiger partial charge in [0.1, 0.15) is 0 Å². The summed E-state index contributed by atoms with van der Waals surface area (Å²) in [6.07, 6.45) is 0. The number of hydrogen-bond acceptors (Lipinski definition) is 2. The van der Waals surface area contributed by atoms with Crippen LogP contribution in [0.4, 0.5) is 5.69 Å². The van der Waals surface area contributed by atoms with E-state index in [1.807, 2.05) is 32.0 Å². The molecule has 1 amide bonds. The molecule has 3 nitrogen and oxygen atoms in total. The third kappa shape index (κ3) is 2.97. The van der Waals surface area contributed by atoms with E-state index in [1.54, 1.807) is 18.9 Å². The lowest BCUT2D eigenvalue weighted by atomic mass is 10.1. The number of benzene rings is 1. The maximum absolute atomic E-state index is 11.7. The number of rotatable bonds is 2. The topological polar surface area (TPSA) is 46.3 Å². The average Bonchev–Trinajstić information content (AvgIpc) is 2.15. The molecule has 4 heteroatoms. The van der Waals surface area contributed by atoms with Crippen LogP contribution in [-0.4, -0.2) is 19.0 Å². The van der Waals surface area contributed by atoms with Crippen LogP contribution in [0.25, 0.3) is 0 Å². The molecule has 90 valence electrons. The second kappa shape index (κ2) is 5.87. The van der Waals surface area contributed by atoms with E-state index in [0.29, 0.717) is 0 Å². The van der Waals surface area contributed by atoms with Gasteiger partial charge < -0.3 is 10.6 Å². The summed E-state index contributed by atoms with van der Waals surface area (Å²) in [6.45, 7) is 5.69. The fraction of sp³-hybridized carbons (Fsp3) is 0.417. The Balaban J connectivity index is 0.00000225. The molecule has 0 radical (unpaired) electrons. The Morgan fingerprint density at radius 2 is 1.75 bits per heavy atom. The van der Waals surface area contributed by atoms with Crippen molar-refractivity contribution >= 4 is 24.0 Å². The molecule has 1 atom stereocenters. The van der Waals surface area contributed by atoms with E-state index in [0.717, 1.165) is 16.8 Å². The van der Waals surface area contributed by atoms with Gasteiger partial charge in [0.25, 0.3) is 0 Å². The molecule has 0 spiro atoms. The molecule has 0 saturated carbocycles. The average molecular weight is 243 g/mol. The Labute approximate surface area is 103 Å². The van der Waals surface area contributed by atoms with Crippen molar-refractivity contribution in [1.82, 2.24) is 0 Å². The van der Waals surface area contributed by atoms with Crippen molar-refractivity contribution in [2.45, 2.75) is 26.8 Å². The summed E-state index contributed by atoms with van der Waals surface area (Å²) in [5.41, 5.74) is 8.72. The molecule has 0 bridgehead atoms. The van der Waals surface area contributed by atoms with E-state index >= 15 is 0 Å². The first kappa shape index (κ1) is 14.9. The van der Waals surface area contributed by atoms with Crippen LogP contribution in [0, 0.1) is 13.8 Å². The summed E-state index contributed by atoms with van der Waals surface area (Å²) < 4.78 is 0. The lowest BCUT2D eigenvalue weighted by Gasteiger charge is -2.23. The first-order valence-electron chi connectivity index (χ1n) is 5.04. The Hall–Kier alpha value is -1.06. The number of carbonyl (C=O) groups excluding carboxylic acids is 1. The largest absolute Gasteiger partial charge is 0.320 e. The first-order chi connectivity index (χ1) is 6.95. The standard InChI is InChI=1S/C12H18N2O.ClH/c1-8-6-5-7-9(2)11(8)14(4)12(15)10(3)13;/h5-7,10H,13H2,1-4H3;1H/t10-;/m0./s1. The van der Waals surface area contributed by atoms with Crippen molar-refractivity contribution in [2.24, 2.45) is 5.73 Å². The van der Waals surface area contributed by atoms with E-state index in [9.17, 15) is 4.79 Å². The number of halogens is 1. The lowest BCUT2D eigenvalue weighted by Crippen LogP contribution is -2.40. The number of nitrogens with two attached hydrogens (primary N) is 1. The summed E-state index contributed by atoms with van der Waals surface area (Å²) >= 11 is 0. The van der Waals surface area contributed by atoms with Crippen LogP contribution in [0.2, 0.25) is 0 Å². The predicted octanol–water partition coefficient (Wildman–Crippen LogP) is 2.04. The van der Waals surface area contributed by atoms with Gasteiger partial charge in [0.05, 0.1) is 6.04 Å². The van der Waals surface area contributed by atoms with Crippen molar-refractivity contribution in [2.75, 3.05) is 11.9 Å². The van der Waals surface area contributed by atoms with E-state index in [4.69, 9.17) is 5.73 Å². The van der Waals surface area contributed by atoms with Gasteiger partial charge in [-0.1, -0.05) is 18.2 Å². The Bertz CT molecular complexity index is 357. The molecule has 16 heavy (non-hydrogen) atoms. The summed E-state index contributed by atoms with van der Waals surface area (Å²) in [7, 11) is 1.76. The zero-order chi connectivity index (χ0) is 11.6. The van der Waals surface area contributed by atoms with Gasteiger partial charge in [0.2, 0.25) is 5.91 Å². The molecule has 0 aromatic heterocycles. The summed E-state index contributed by atoms with van der Waals surface area (Å²) in [4.78, 5) is 13.4. The maximum Gasteiger partial charge on any atom is 0.243 e. The molecular formula is C12H19ClN2O. The third-order valence-electron chi connectivity index (χ3n) is 2.50. The van der Waals surface area contributed by atoms with Crippen LogP contribution >= 0.6 is 12.4 Å². The maximum atomic E-state index is 11.7. The van der Waals surface area contributed by atoms with Crippen LogP contribution in [-0.2, 0) is 4.79 Å². The molecule has 0 unspecified atom stereocenters. The SMILES string of the molecule is Cc1cccc(C)c1N(C)C(=O)[C@H](C)N.Cl. The molecule has 0 fully saturated rings. The Morgan fingerprint density at radius 1 is 1.31 bits per heavy atom. The quantitative estimate of drug-likeness (QED) is 0.863. The van der Waals surface area contributed by atoms with E-state index in [-0.39, 0.29) is 18.3 Å². The van der Waals surface area contributed by atoms with Crippen LogP contribution in [0.1, 0.15) is 18.1 Å². The zero-order valence-corrected chi connectivity index (χ0v) is 11.0. The van der Waals surface area contributed by atoms with Gasteiger partial charge in [0.15, 0.2) is 0 Å². The summed E-state index contributed by atoms with van der Waals surface area (Å²) in [5.74, 6) is -0.0626. The van der Waals surface area contributed by atoms with Gasteiger partial charge in [-0.05, 0) is 31.9 Å². The number of anilines is 1. The molecule has 0 aliphatic heterocycles. The second-order valence-corrected chi connectivity index (χ2v) is 3.93. The molecule has 0 saturated heterocycles. The first-order valence-corrected chi connectivity index (χ1v) is 5.04. The highest BCUT2D eigenvalue weighted by Crippen LogP contribution is 2.23. The highest BCUT2D eigenvalue weighted by atomic mass is 35.5. The van der Waals surface area contributed by atoms with E-state index in [2.05, 4.69) is 0 Å². The summed E-state index contributed by atoms with van der Waals surface area (Å²) in [5, 5.41) is 0. The smallest absolute Gasteiger partial charge is 0.243 e. The van der Waals surface area contributed by atoms with Crippen molar-refractivity contribution in [3.8, 4) is 0 Å². The van der Waals surface area contributed by atoms with Gasteiger partial charge in [0, 0.05) is 12.7 Å². The predicted molar refractivity (Wildman–Crippen MR) is 70.2 cm³/mol. The Kier molecular flexibility index (Phi) is 5.48. The molecule has 0 aliphatic rings. The zero-order valence-electron chi connectivity index (χ0n) is 10.2. The van der Waals surface area contributed by atoms with E-state index < -0.39 is 6.04 Å². The molecule has 2 N–H and O–H groups in total. The van der Waals surface area contributed by atoms with Crippen LogP contribution in [0.5, 0.6) is 0 Å². The number of aryl methyl sites for hydroxylation is 2. The number of amides is 1. The van der Waals surface area contributed by atoms with Gasteiger partial charge >= 0.3 is 0 Å². The third-order valence-corrected chi connectivity index (χ3v) is 2.50. The molecule has 1 aromatic carbocycles. The van der Waals surface area contributed by atoms with Crippen molar-refractivity contribution in [3.05, 3.63) is 29.3 Å². The van der Waals surface area contributed by atoms with Crippen molar-refractivity contribution < 1.29 is 4.79 Å². The van der Waals surface area contributed by atoms with Crippen molar-refractivity contribution in [3.63, 3.8) is 0 Å². The minimum Gasteiger partial charge on any atom is -0.320 e. The highest BCUT2D eigenvalue weighted by Gasteiger charge is 2.17. The normalized spacial score (nSPS) is 11.6. The Morgan fingerprint density at radius 3 is 2.12 bits per heavy atom. The van der Waals surface area contributed by atoms with Crippen molar-refractivity contribution in [1.29, 1.82) is 0 Å². The van der Waals surface area contributed by atoms with Gasteiger partial charge in [-0.25, -0.2) is 0 Å². The van der Waals surface area contributed by atoms with Crippen LogP contribution in [0.3, 0.4) is 0 Å². The van der Waals surface area contributed by atoms with Gasteiger partial charge in [-0.3, -0.25) is 4.79 Å². The number of likely N-dealkylation sites (N-methyl/N-ethyl adjacent to an activating group) is 1. The highest BCUT2D eigenvalue weighted by molar-refractivity contribution is 5.97. The minimum atomic E-state index is -0.464. The lowest BCUT2D eigenvalue weighted by molar-refractivity contribution is -0.119. The van der Waals surface area contributed by atoms with Gasteiger partial charge in [-0.2, -0.15) is 0 Å². The molecule has 0 aliphatic carbocycles. The minimum absolute atomic E-state index is 0. The van der Waals surface area contributed by atoms with E-state index in [1.165, 1.54) is 0 Å². The monoisotopic (exact) mass is 242 g/mol. The molecule has 1 rings (SSSR count). The number of nitrogens with zero attached hydrogens (tertiary/aromatic N) is 1. The summed E-state index contributed by atoms with van der Waals surface area (Å²) in [6, 6.07) is 5.51. The fourth-order valence-corrected chi connectivity index (χ4v) is 1.75. The number of hydrogen-bond donors (Lipinski definition) is 1.